The van der Waals surface area contributed by atoms with E-state index >= 15 is 0 Å². The number of ether oxygens (including phenoxy) is 4. The summed E-state index contributed by atoms with van der Waals surface area (Å²) in [5, 5.41) is 10.4. The van der Waals surface area contributed by atoms with Crippen LogP contribution in [0.5, 0.6) is 23.0 Å². The largest absolute Gasteiger partial charge is 0.493 e. The van der Waals surface area contributed by atoms with Gasteiger partial charge in [-0.2, -0.15) is 0 Å². The molecule has 0 spiro atoms. The van der Waals surface area contributed by atoms with Gasteiger partial charge in [0.1, 0.15) is 23.0 Å². The van der Waals surface area contributed by atoms with Crippen LogP contribution in [0.3, 0.4) is 0 Å². The van der Waals surface area contributed by atoms with Gasteiger partial charge in [-0.1, -0.05) is 82.3 Å². The molecule has 0 atom stereocenters. The van der Waals surface area contributed by atoms with Crippen LogP contribution in [0, 0.1) is 0 Å². The van der Waals surface area contributed by atoms with Crippen molar-refractivity contribution in [3.8, 4) is 23.0 Å². The van der Waals surface area contributed by atoms with Gasteiger partial charge in [0.15, 0.2) is 0 Å². The van der Waals surface area contributed by atoms with Crippen LogP contribution in [0.1, 0.15) is 103 Å². The summed E-state index contributed by atoms with van der Waals surface area (Å²) in [6, 6.07) is 23.7. The summed E-state index contributed by atoms with van der Waals surface area (Å²) in [5.41, 5.74) is 9.80. The second-order valence-corrected chi connectivity index (χ2v) is 12.2. The number of para-hydroxylation sites is 3. The Labute approximate surface area is 275 Å². The van der Waals surface area contributed by atoms with Crippen LogP contribution in [-0.2, 0) is 32.3 Å². The molecule has 0 saturated heterocycles. The van der Waals surface area contributed by atoms with E-state index in [4.69, 9.17) is 18.9 Å². The first kappa shape index (κ1) is 33.4. The molecule has 0 saturated carbocycles. The number of aliphatic hydroxyl groups is 1. The molecular weight excluding hydrogens is 572 g/mol. The summed E-state index contributed by atoms with van der Waals surface area (Å²) in [4.78, 5) is 0. The molecule has 1 aliphatic rings. The van der Waals surface area contributed by atoms with Gasteiger partial charge in [0, 0.05) is 25.7 Å². The van der Waals surface area contributed by atoms with Crippen molar-refractivity contribution in [2.45, 2.75) is 85.7 Å². The topological polar surface area (TPSA) is 57.2 Å². The molecule has 4 aromatic carbocycles. The number of aliphatic hydroxyl groups excluding tert-OH is 1. The van der Waals surface area contributed by atoms with Crippen LogP contribution in [0.4, 0.5) is 0 Å². The lowest BCUT2D eigenvalue weighted by Crippen LogP contribution is -2.10. The fraction of sp³-hybridized carbons (Fsp3) is 0.415. The SMILES string of the molecule is CCCOc1c2cccc1Cc1cccc(c1OCCC)Cc1cc(CO)cc(c1OCCC)Cc1cccc(c1OCCC)C2. The molecule has 0 fully saturated rings. The Morgan fingerprint density at radius 2 is 0.696 bits per heavy atom. The molecule has 5 heteroatoms. The van der Waals surface area contributed by atoms with Crippen LogP contribution in [0.2, 0.25) is 0 Å². The smallest absolute Gasteiger partial charge is 0.126 e. The maximum Gasteiger partial charge on any atom is 0.126 e. The fourth-order valence-electron chi connectivity index (χ4n) is 6.31. The average molecular weight is 623 g/mol. The minimum absolute atomic E-state index is 0.0400. The number of benzene rings is 4. The normalized spacial score (nSPS) is 12.5. The van der Waals surface area contributed by atoms with Gasteiger partial charge in [-0.05, 0) is 87.9 Å². The molecule has 46 heavy (non-hydrogen) atoms. The van der Waals surface area contributed by atoms with E-state index in [0.29, 0.717) is 52.1 Å². The molecule has 0 radical (unpaired) electrons. The Bertz CT molecular complexity index is 1490. The van der Waals surface area contributed by atoms with E-state index in [9.17, 15) is 5.11 Å². The third-order valence-corrected chi connectivity index (χ3v) is 8.35. The van der Waals surface area contributed by atoms with Gasteiger partial charge in [0.2, 0.25) is 0 Å². The number of rotatable bonds is 13. The zero-order valence-electron chi connectivity index (χ0n) is 28.1. The lowest BCUT2D eigenvalue weighted by atomic mass is 9.90. The summed E-state index contributed by atoms with van der Waals surface area (Å²) >= 11 is 0. The first-order chi connectivity index (χ1) is 22.6. The second kappa shape index (κ2) is 16.6. The third kappa shape index (κ3) is 7.87. The number of hydrogen-bond donors (Lipinski definition) is 1. The van der Waals surface area contributed by atoms with Crippen molar-refractivity contribution in [1.82, 2.24) is 0 Å². The second-order valence-electron chi connectivity index (χ2n) is 12.2. The highest BCUT2D eigenvalue weighted by molar-refractivity contribution is 5.56. The van der Waals surface area contributed by atoms with E-state index < -0.39 is 0 Å². The molecule has 1 N–H and O–H groups in total. The Hall–Kier alpha value is -3.96. The van der Waals surface area contributed by atoms with Gasteiger partial charge < -0.3 is 24.1 Å². The lowest BCUT2D eigenvalue weighted by Gasteiger charge is -2.23. The Morgan fingerprint density at radius 3 is 0.957 bits per heavy atom. The maximum absolute atomic E-state index is 10.4. The van der Waals surface area contributed by atoms with Crippen molar-refractivity contribution in [1.29, 1.82) is 0 Å². The first-order valence-electron chi connectivity index (χ1n) is 17.2. The minimum atomic E-state index is -0.0400. The van der Waals surface area contributed by atoms with Crippen LogP contribution in [0.15, 0.2) is 66.7 Å². The van der Waals surface area contributed by atoms with Crippen molar-refractivity contribution in [2.75, 3.05) is 26.4 Å². The lowest BCUT2D eigenvalue weighted by molar-refractivity contribution is 0.280. The molecule has 244 valence electrons. The molecule has 5 nitrogen and oxygen atoms in total. The minimum Gasteiger partial charge on any atom is -0.493 e. The van der Waals surface area contributed by atoms with Crippen LogP contribution < -0.4 is 18.9 Å². The third-order valence-electron chi connectivity index (χ3n) is 8.35. The van der Waals surface area contributed by atoms with Gasteiger partial charge in [-0.15, -0.1) is 0 Å². The monoisotopic (exact) mass is 622 g/mol. The molecule has 0 unspecified atom stereocenters. The Kier molecular flexibility index (Phi) is 12.0. The summed E-state index contributed by atoms with van der Waals surface area (Å²) in [7, 11) is 0. The van der Waals surface area contributed by atoms with E-state index in [1.807, 2.05) is 0 Å². The van der Waals surface area contributed by atoms with Crippen molar-refractivity contribution in [2.24, 2.45) is 0 Å². The fourth-order valence-corrected chi connectivity index (χ4v) is 6.31. The summed E-state index contributed by atoms with van der Waals surface area (Å²) in [6.45, 7) is 11.1. The molecular formula is C41H50O5. The molecule has 8 bridgehead atoms. The number of hydrogen-bond acceptors (Lipinski definition) is 5. The van der Waals surface area contributed by atoms with Gasteiger partial charge >= 0.3 is 0 Å². The summed E-state index contributed by atoms with van der Waals surface area (Å²) in [6.07, 6.45) is 6.33. The quantitative estimate of drug-likeness (QED) is 0.142. The molecule has 0 aliphatic heterocycles. The van der Waals surface area contributed by atoms with Crippen molar-refractivity contribution in [3.05, 3.63) is 117 Å². The highest BCUT2D eigenvalue weighted by Gasteiger charge is 2.22. The van der Waals surface area contributed by atoms with Gasteiger partial charge in [0.05, 0.1) is 33.0 Å². The van der Waals surface area contributed by atoms with E-state index in [-0.39, 0.29) is 6.61 Å². The predicted molar refractivity (Wildman–Crippen MR) is 186 cm³/mol. The van der Waals surface area contributed by atoms with Crippen LogP contribution in [0.25, 0.3) is 0 Å². The van der Waals surface area contributed by atoms with E-state index in [0.717, 1.165) is 98.8 Å². The van der Waals surface area contributed by atoms with E-state index in [1.54, 1.807) is 0 Å². The predicted octanol–water partition coefficient (Wildman–Crippen LogP) is 9.01. The average Bonchev–Trinajstić information content (AvgIpc) is 3.06. The van der Waals surface area contributed by atoms with Crippen molar-refractivity contribution in [3.63, 3.8) is 0 Å². The maximum atomic E-state index is 10.4. The Balaban J connectivity index is 1.78. The zero-order chi connectivity index (χ0) is 32.3. The van der Waals surface area contributed by atoms with Crippen molar-refractivity contribution >= 4 is 0 Å². The van der Waals surface area contributed by atoms with Crippen molar-refractivity contribution < 1.29 is 24.1 Å². The first-order valence-corrected chi connectivity index (χ1v) is 17.2. The highest BCUT2D eigenvalue weighted by Crippen LogP contribution is 2.39. The summed E-state index contributed by atoms with van der Waals surface area (Å²) < 4.78 is 26.2. The highest BCUT2D eigenvalue weighted by atomic mass is 16.5. The van der Waals surface area contributed by atoms with Crippen LogP contribution in [-0.4, -0.2) is 31.5 Å². The zero-order valence-corrected chi connectivity index (χ0v) is 28.1. The van der Waals surface area contributed by atoms with Gasteiger partial charge in [0.25, 0.3) is 0 Å². The number of fused-ring (bicyclic) bond motifs is 8. The molecule has 0 amide bonds. The van der Waals surface area contributed by atoms with Gasteiger partial charge in [-0.3, -0.25) is 0 Å². The standard InChI is InChI=1S/C41H50O5/c1-5-18-43-38-30-12-9-13-31(38)25-33-15-11-17-35(40(33)45-20-7-3)27-37-23-29(28-42)22-36(41(37)46-21-8-4)26-34-16-10-14-32(24-30)39(34)44-19-6-2/h9-17,22-23,42H,5-8,18-21,24-28H2,1-4H3. The van der Waals surface area contributed by atoms with Crippen LogP contribution >= 0.6 is 0 Å². The molecule has 5 rings (SSSR count). The molecule has 0 heterocycles. The summed E-state index contributed by atoms with van der Waals surface area (Å²) in [5.74, 6) is 3.72. The Morgan fingerprint density at radius 1 is 0.435 bits per heavy atom. The molecule has 1 aliphatic carbocycles. The van der Waals surface area contributed by atoms with E-state index in [2.05, 4.69) is 94.4 Å². The molecule has 4 aromatic rings. The van der Waals surface area contributed by atoms with E-state index in [1.165, 1.54) is 0 Å². The van der Waals surface area contributed by atoms with Gasteiger partial charge in [-0.25, -0.2) is 0 Å². The molecule has 0 aromatic heterocycles.